The fourth-order valence-electron chi connectivity index (χ4n) is 3.77. The van der Waals surface area contributed by atoms with Gasteiger partial charge in [0.2, 0.25) is 0 Å². The van der Waals surface area contributed by atoms with Crippen LogP contribution in [0.25, 0.3) is 0 Å². The highest BCUT2D eigenvalue weighted by atomic mass is 16.5. The number of benzene rings is 2. The van der Waals surface area contributed by atoms with Gasteiger partial charge in [-0.3, -0.25) is 4.90 Å². The van der Waals surface area contributed by atoms with Crippen LogP contribution in [0.2, 0.25) is 0 Å². The standard InChI is InChI=1S/C25H31N3O6/c1-31-21-8-6-20(7-9-21)28-13-11-27(12-14-28)17-18-15-19(5-10-23(18)32-2)26-16-22(24(29)33-3)25(30)34-4/h5-10,15-16,26H,11-14,17H2,1-4H3. The molecular formula is C25H31N3O6. The highest BCUT2D eigenvalue weighted by Crippen LogP contribution is 2.26. The van der Waals surface area contributed by atoms with Crippen molar-refractivity contribution in [2.45, 2.75) is 6.54 Å². The van der Waals surface area contributed by atoms with Crippen molar-refractivity contribution in [1.29, 1.82) is 0 Å². The van der Waals surface area contributed by atoms with Crippen LogP contribution in [0, 0.1) is 0 Å². The molecule has 34 heavy (non-hydrogen) atoms. The van der Waals surface area contributed by atoms with Crippen molar-refractivity contribution in [2.24, 2.45) is 0 Å². The van der Waals surface area contributed by atoms with E-state index in [0.717, 1.165) is 43.2 Å². The van der Waals surface area contributed by atoms with Crippen LogP contribution < -0.4 is 19.7 Å². The number of anilines is 2. The molecule has 182 valence electrons. The number of nitrogens with zero attached hydrogens (tertiary/aromatic N) is 2. The van der Waals surface area contributed by atoms with Gasteiger partial charge in [0.25, 0.3) is 0 Å². The van der Waals surface area contributed by atoms with E-state index in [-0.39, 0.29) is 5.57 Å². The van der Waals surface area contributed by atoms with Gasteiger partial charge in [-0.2, -0.15) is 0 Å². The second kappa shape index (κ2) is 11.9. The van der Waals surface area contributed by atoms with E-state index in [1.165, 1.54) is 26.1 Å². The molecule has 0 aromatic heterocycles. The molecule has 9 nitrogen and oxygen atoms in total. The Kier molecular flexibility index (Phi) is 8.75. The lowest BCUT2D eigenvalue weighted by Gasteiger charge is -2.36. The highest BCUT2D eigenvalue weighted by molar-refractivity contribution is 6.14. The summed E-state index contributed by atoms with van der Waals surface area (Å²) < 4.78 is 20.1. The van der Waals surface area contributed by atoms with Crippen LogP contribution in [0.15, 0.2) is 54.2 Å². The van der Waals surface area contributed by atoms with Gasteiger partial charge in [0.15, 0.2) is 5.57 Å². The summed E-state index contributed by atoms with van der Waals surface area (Å²) >= 11 is 0. The first kappa shape index (κ1) is 24.9. The summed E-state index contributed by atoms with van der Waals surface area (Å²) in [6, 6.07) is 13.7. The first-order chi connectivity index (χ1) is 16.5. The average molecular weight is 470 g/mol. The Balaban J connectivity index is 1.66. The maximum Gasteiger partial charge on any atom is 0.346 e. The molecule has 2 aromatic rings. The maximum atomic E-state index is 11.9. The number of piperazine rings is 1. The second-order valence-electron chi connectivity index (χ2n) is 7.67. The van der Waals surface area contributed by atoms with Crippen LogP contribution in [-0.4, -0.2) is 71.5 Å². The minimum Gasteiger partial charge on any atom is -0.497 e. The third-order valence-corrected chi connectivity index (χ3v) is 5.68. The van der Waals surface area contributed by atoms with Crippen molar-refractivity contribution in [1.82, 2.24) is 4.90 Å². The summed E-state index contributed by atoms with van der Waals surface area (Å²) in [4.78, 5) is 28.4. The van der Waals surface area contributed by atoms with Gasteiger partial charge in [0, 0.05) is 55.9 Å². The Morgan fingerprint density at radius 1 is 0.882 bits per heavy atom. The lowest BCUT2D eigenvalue weighted by molar-refractivity contribution is -0.144. The Bertz CT molecular complexity index is 996. The molecule has 0 amide bonds. The van der Waals surface area contributed by atoms with Gasteiger partial charge >= 0.3 is 11.9 Å². The average Bonchev–Trinajstić information content (AvgIpc) is 2.89. The monoisotopic (exact) mass is 469 g/mol. The molecule has 1 N–H and O–H groups in total. The van der Waals surface area contributed by atoms with E-state index in [0.29, 0.717) is 12.2 Å². The fraction of sp³-hybridized carbons (Fsp3) is 0.360. The van der Waals surface area contributed by atoms with E-state index in [9.17, 15) is 9.59 Å². The zero-order valence-electron chi connectivity index (χ0n) is 20.0. The number of ether oxygens (including phenoxy) is 4. The summed E-state index contributed by atoms with van der Waals surface area (Å²) in [6.45, 7) is 4.34. The summed E-state index contributed by atoms with van der Waals surface area (Å²) in [5.41, 5.74) is 2.66. The molecule has 1 aliphatic rings. The van der Waals surface area contributed by atoms with Crippen LogP contribution in [0.1, 0.15) is 5.56 Å². The zero-order chi connectivity index (χ0) is 24.5. The number of methoxy groups -OCH3 is 4. The van der Waals surface area contributed by atoms with Crippen LogP contribution in [0.5, 0.6) is 11.5 Å². The van der Waals surface area contributed by atoms with Crippen LogP contribution in [0.3, 0.4) is 0 Å². The lowest BCUT2D eigenvalue weighted by atomic mass is 10.1. The van der Waals surface area contributed by atoms with Crippen molar-refractivity contribution >= 4 is 23.3 Å². The lowest BCUT2D eigenvalue weighted by Crippen LogP contribution is -2.46. The molecule has 1 heterocycles. The minimum absolute atomic E-state index is 0.225. The van der Waals surface area contributed by atoms with E-state index < -0.39 is 11.9 Å². The Hall–Kier alpha value is -3.72. The number of hydrogen-bond donors (Lipinski definition) is 1. The molecule has 2 aromatic carbocycles. The molecular weight excluding hydrogens is 438 g/mol. The minimum atomic E-state index is -0.775. The molecule has 9 heteroatoms. The van der Waals surface area contributed by atoms with E-state index in [2.05, 4.69) is 36.7 Å². The molecule has 0 spiro atoms. The predicted octanol–water partition coefficient (Wildman–Crippen LogP) is 2.67. The molecule has 1 saturated heterocycles. The van der Waals surface area contributed by atoms with Gasteiger partial charge in [0.05, 0.1) is 28.4 Å². The quantitative estimate of drug-likeness (QED) is 0.258. The largest absolute Gasteiger partial charge is 0.497 e. The van der Waals surface area contributed by atoms with Crippen molar-refractivity contribution in [3.63, 3.8) is 0 Å². The van der Waals surface area contributed by atoms with E-state index >= 15 is 0 Å². The van der Waals surface area contributed by atoms with Gasteiger partial charge in [-0.25, -0.2) is 9.59 Å². The molecule has 3 rings (SSSR count). The van der Waals surface area contributed by atoms with E-state index in [1.54, 1.807) is 14.2 Å². The molecule has 0 atom stereocenters. The predicted molar refractivity (Wildman–Crippen MR) is 129 cm³/mol. The number of hydrogen-bond acceptors (Lipinski definition) is 9. The first-order valence-electron chi connectivity index (χ1n) is 10.9. The van der Waals surface area contributed by atoms with E-state index in [4.69, 9.17) is 9.47 Å². The number of carbonyl (C=O) groups is 2. The van der Waals surface area contributed by atoms with E-state index in [1.807, 2.05) is 30.3 Å². The molecule has 0 radical (unpaired) electrons. The fourth-order valence-corrected chi connectivity index (χ4v) is 3.77. The molecule has 0 bridgehead atoms. The van der Waals surface area contributed by atoms with Crippen molar-refractivity contribution in [3.8, 4) is 11.5 Å². The van der Waals surface area contributed by atoms with Crippen LogP contribution in [-0.2, 0) is 25.6 Å². The normalized spacial score (nSPS) is 13.6. The van der Waals surface area contributed by atoms with Crippen molar-refractivity contribution in [3.05, 3.63) is 59.8 Å². The van der Waals surface area contributed by atoms with Crippen LogP contribution in [0.4, 0.5) is 11.4 Å². The summed E-state index contributed by atoms with van der Waals surface area (Å²) in [5, 5.41) is 2.99. The third-order valence-electron chi connectivity index (χ3n) is 5.68. The molecule has 1 fully saturated rings. The molecule has 0 unspecified atom stereocenters. The Morgan fingerprint density at radius 3 is 2.09 bits per heavy atom. The zero-order valence-corrected chi connectivity index (χ0v) is 20.0. The topological polar surface area (TPSA) is 89.6 Å². The summed E-state index contributed by atoms with van der Waals surface area (Å²) in [6.07, 6.45) is 1.29. The molecule has 0 aliphatic carbocycles. The number of esters is 2. The third kappa shape index (κ3) is 6.20. The smallest absolute Gasteiger partial charge is 0.346 e. The SMILES string of the molecule is COC(=O)C(=CNc1ccc(OC)c(CN2CCN(c3ccc(OC)cc3)CC2)c1)C(=O)OC. The Labute approximate surface area is 199 Å². The maximum absolute atomic E-state index is 11.9. The van der Waals surface area contributed by atoms with Crippen molar-refractivity contribution < 1.29 is 28.5 Å². The van der Waals surface area contributed by atoms with Crippen molar-refractivity contribution in [2.75, 3.05) is 64.8 Å². The molecule has 0 saturated carbocycles. The van der Waals surface area contributed by atoms with Gasteiger partial charge in [-0.05, 0) is 42.5 Å². The number of carbonyl (C=O) groups excluding carboxylic acids is 2. The highest BCUT2D eigenvalue weighted by Gasteiger charge is 2.21. The summed E-state index contributed by atoms with van der Waals surface area (Å²) in [5.74, 6) is 0.0713. The number of nitrogens with one attached hydrogen (secondary N) is 1. The van der Waals surface area contributed by atoms with Gasteiger partial charge in [-0.15, -0.1) is 0 Å². The summed E-state index contributed by atoms with van der Waals surface area (Å²) in [7, 11) is 5.72. The second-order valence-corrected chi connectivity index (χ2v) is 7.67. The van der Waals surface area contributed by atoms with Gasteiger partial charge in [0.1, 0.15) is 11.5 Å². The van der Waals surface area contributed by atoms with Crippen LogP contribution >= 0.6 is 0 Å². The first-order valence-corrected chi connectivity index (χ1v) is 10.9. The number of rotatable bonds is 9. The Morgan fingerprint density at radius 2 is 1.53 bits per heavy atom. The van der Waals surface area contributed by atoms with Gasteiger partial charge < -0.3 is 29.2 Å². The molecule has 1 aliphatic heterocycles. The van der Waals surface area contributed by atoms with Gasteiger partial charge in [-0.1, -0.05) is 0 Å².